The van der Waals surface area contributed by atoms with Crippen molar-refractivity contribution in [2.75, 3.05) is 22.1 Å². The molecule has 0 bridgehead atoms. The van der Waals surface area contributed by atoms with Crippen LogP contribution in [0.4, 0.5) is 11.5 Å². The van der Waals surface area contributed by atoms with E-state index in [0.717, 1.165) is 16.8 Å². The topological polar surface area (TPSA) is 88.2 Å². The molecule has 0 aliphatic carbocycles. The Labute approximate surface area is 147 Å². The van der Waals surface area contributed by atoms with Crippen molar-refractivity contribution in [3.8, 4) is 0 Å². The number of benzene rings is 1. The van der Waals surface area contributed by atoms with E-state index in [1.807, 2.05) is 32.0 Å². The molecule has 132 valence electrons. The Balaban J connectivity index is 1.64. The Morgan fingerprint density at radius 2 is 2.00 bits per heavy atom. The van der Waals surface area contributed by atoms with Crippen molar-refractivity contribution in [2.24, 2.45) is 0 Å². The molecule has 1 fully saturated rings. The highest BCUT2D eigenvalue weighted by molar-refractivity contribution is 7.91. The van der Waals surface area contributed by atoms with Crippen LogP contribution < -0.4 is 10.6 Å². The quantitative estimate of drug-likeness (QED) is 0.876. The van der Waals surface area contributed by atoms with Crippen molar-refractivity contribution < 1.29 is 13.2 Å². The second-order valence-corrected chi connectivity index (χ2v) is 8.68. The number of pyridine rings is 1. The molecule has 1 aliphatic heterocycles. The van der Waals surface area contributed by atoms with Gasteiger partial charge in [0.15, 0.2) is 9.84 Å². The van der Waals surface area contributed by atoms with E-state index in [-0.39, 0.29) is 23.5 Å². The molecule has 2 heterocycles. The minimum absolute atomic E-state index is 0.118. The Morgan fingerprint density at radius 3 is 2.60 bits per heavy atom. The summed E-state index contributed by atoms with van der Waals surface area (Å²) in [5.74, 6) is 0.685. The van der Waals surface area contributed by atoms with E-state index in [1.54, 1.807) is 12.1 Å². The third-order valence-corrected chi connectivity index (χ3v) is 6.01. The zero-order chi connectivity index (χ0) is 18.0. The predicted octanol–water partition coefficient (Wildman–Crippen LogP) is 2.55. The smallest absolute Gasteiger partial charge is 0.257 e. The number of hydrogen-bond acceptors (Lipinski definition) is 5. The minimum atomic E-state index is -2.93. The predicted molar refractivity (Wildman–Crippen MR) is 98.8 cm³/mol. The lowest BCUT2D eigenvalue weighted by atomic mass is 10.1. The number of nitrogens with one attached hydrogen (secondary N) is 2. The summed E-state index contributed by atoms with van der Waals surface area (Å²) in [5.41, 5.74) is 3.36. The van der Waals surface area contributed by atoms with Gasteiger partial charge in [-0.15, -0.1) is 0 Å². The number of aromatic nitrogens is 1. The number of hydrogen-bond donors (Lipinski definition) is 2. The number of aryl methyl sites for hydroxylation is 2. The fourth-order valence-electron chi connectivity index (χ4n) is 2.88. The van der Waals surface area contributed by atoms with E-state index in [4.69, 9.17) is 0 Å². The normalized spacial score (nSPS) is 18.7. The molecule has 6 nitrogen and oxygen atoms in total. The van der Waals surface area contributed by atoms with Crippen LogP contribution in [0.3, 0.4) is 0 Å². The van der Waals surface area contributed by atoms with Crippen LogP contribution in [0.1, 0.15) is 27.9 Å². The molecule has 1 aromatic heterocycles. The summed E-state index contributed by atoms with van der Waals surface area (Å²) in [4.78, 5) is 16.6. The van der Waals surface area contributed by atoms with Gasteiger partial charge in [-0.05, 0) is 44.0 Å². The van der Waals surface area contributed by atoms with Gasteiger partial charge in [0.25, 0.3) is 5.91 Å². The van der Waals surface area contributed by atoms with Crippen molar-refractivity contribution in [3.63, 3.8) is 0 Å². The Bertz CT molecular complexity index is 892. The van der Waals surface area contributed by atoms with Gasteiger partial charge in [0.05, 0.1) is 17.1 Å². The number of amides is 1. The third kappa shape index (κ3) is 4.36. The highest BCUT2D eigenvalue weighted by Crippen LogP contribution is 2.18. The maximum absolute atomic E-state index is 12.3. The molecule has 1 atom stereocenters. The minimum Gasteiger partial charge on any atom is -0.366 e. The van der Waals surface area contributed by atoms with Crippen molar-refractivity contribution in [1.82, 2.24) is 4.98 Å². The summed E-state index contributed by atoms with van der Waals surface area (Å²) in [7, 11) is -2.93. The van der Waals surface area contributed by atoms with Gasteiger partial charge >= 0.3 is 0 Å². The van der Waals surface area contributed by atoms with E-state index >= 15 is 0 Å². The molecule has 3 rings (SSSR count). The summed E-state index contributed by atoms with van der Waals surface area (Å²) < 4.78 is 23.0. The first-order valence-electron chi connectivity index (χ1n) is 8.14. The molecule has 1 unspecified atom stereocenters. The first-order valence-corrected chi connectivity index (χ1v) is 9.96. The van der Waals surface area contributed by atoms with Crippen LogP contribution in [0.25, 0.3) is 0 Å². The molecule has 0 radical (unpaired) electrons. The molecule has 0 spiro atoms. The van der Waals surface area contributed by atoms with Crippen LogP contribution in [-0.2, 0) is 9.84 Å². The molecule has 1 saturated heterocycles. The first-order chi connectivity index (χ1) is 11.8. The van der Waals surface area contributed by atoms with E-state index in [0.29, 0.717) is 17.8 Å². The summed E-state index contributed by atoms with van der Waals surface area (Å²) in [6, 6.07) is 9.10. The molecule has 25 heavy (non-hydrogen) atoms. The van der Waals surface area contributed by atoms with Gasteiger partial charge in [0, 0.05) is 17.9 Å². The van der Waals surface area contributed by atoms with Gasteiger partial charge < -0.3 is 10.6 Å². The largest absolute Gasteiger partial charge is 0.366 e. The second-order valence-electron chi connectivity index (χ2n) is 6.45. The molecule has 1 aromatic carbocycles. The van der Waals surface area contributed by atoms with Crippen LogP contribution in [-0.4, -0.2) is 36.9 Å². The lowest BCUT2D eigenvalue weighted by Crippen LogP contribution is -2.21. The standard InChI is InChI=1S/C18H21N3O3S/c1-12-3-5-16(13(2)9-12)21-18(22)14-4-6-17(19-10-14)20-15-7-8-25(23,24)11-15/h3-6,9-10,15H,7-8,11H2,1-2H3,(H,19,20)(H,21,22). The zero-order valence-electron chi connectivity index (χ0n) is 14.2. The highest BCUT2D eigenvalue weighted by Gasteiger charge is 2.27. The Hall–Kier alpha value is -2.41. The van der Waals surface area contributed by atoms with Crippen molar-refractivity contribution in [2.45, 2.75) is 26.3 Å². The first kappa shape index (κ1) is 17.4. The van der Waals surface area contributed by atoms with E-state index in [2.05, 4.69) is 15.6 Å². The molecule has 2 aromatic rings. The van der Waals surface area contributed by atoms with Gasteiger partial charge in [-0.3, -0.25) is 4.79 Å². The lowest BCUT2D eigenvalue weighted by molar-refractivity contribution is 0.102. The van der Waals surface area contributed by atoms with E-state index in [1.165, 1.54) is 6.20 Å². The average Bonchev–Trinajstić information content (AvgIpc) is 2.89. The number of anilines is 2. The molecule has 7 heteroatoms. The maximum Gasteiger partial charge on any atom is 0.257 e. The summed E-state index contributed by atoms with van der Waals surface area (Å²) in [6.45, 7) is 3.95. The van der Waals surface area contributed by atoms with Gasteiger partial charge in [0.1, 0.15) is 5.82 Å². The number of carbonyl (C=O) groups excluding carboxylic acids is 1. The van der Waals surface area contributed by atoms with Gasteiger partial charge in [-0.2, -0.15) is 0 Å². The summed E-state index contributed by atoms with van der Waals surface area (Å²) >= 11 is 0. The molecule has 2 N–H and O–H groups in total. The van der Waals surface area contributed by atoms with Crippen molar-refractivity contribution in [3.05, 3.63) is 53.2 Å². The van der Waals surface area contributed by atoms with Crippen LogP contribution in [0.15, 0.2) is 36.5 Å². The van der Waals surface area contributed by atoms with E-state index < -0.39 is 9.84 Å². The monoisotopic (exact) mass is 359 g/mol. The Kier molecular flexibility index (Phi) is 4.76. The molecule has 1 aliphatic rings. The lowest BCUT2D eigenvalue weighted by Gasteiger charge is -2.12. The number of sulfone groups is 1. The highest BCUT2D eigenvalue weighted by atomic mass is 32.2. The van der Waals surface area contributed by atoms with Crippen molar-refractivity contribution >= 4 is 27.2 Å². The van der Waals surface area contributed by atoms with Crippen LogP contribution in [0, 0.1) is 13.8 Å². The molecule has 1 amide bonds. The number of carbonyl (C=O) groups is 1. The number of rotatable bonds is 4. The molecular weight excluding hydrogens is 338 g/mol. The van der Waals surface area contributed by atoms with Crippen molar-refractivity contribution in [1.29, 1.82) is 0 Å². The average molecular weight is 359 g/mol. The number of nitrogens with zero attached hydrogens (tertiary/aromatic N) is 1. The fraction of sp³-hybridized carbons (Fsp3) is 0.333. The zero-order valence-corrected chi connectivity index (χ0v) is 15.1. The Morgan fingerprint density at radius 1 is 1.20 bits per heavy atom. The van der Waals surface area contributed by atoms with Gasteiger partial charge in [0.2, 0.25) is 0 Å². The molecular formula is C18H21N3O3S. The van der Waals surface area contributed by atoms with Gasteiger partial charge in [-0.1, -0.05) is 17.7 Å². The SMILES string of the molecule is Cc1ccc(NC(=O)c2ccc(NC3CCS(=O)(=O)C3)nc2)c(C)c1. The third-order valence-electron chi connectivity index (χ3n) is 4.24. The fourth-order valence-corrected chi connectivity index (χ4v) is 4.55. The van der Waals surface area contributed by atoms with Crippen LogP contribution >= 0.6 is 0 Å². The van der Waals surface area contributed by atoms with Crippen LogP contribution in [0.2, 0.25) is 0 Å². The summed E-state index contributed by atoms with van der Waals surface area (Å²) in [5, 5.41) is 5.98. The summed E-state index contributed by atoms with van der Waals surface area (Å²) in [6.07, 6.45) is 2.07. The second kappa shape index (κ2) is 6.84. The van der Waals surface area contributed by atoms with Gasteiger partial charge in [-0.25, -0.2) is 13.4 Å². The molecule has 0 saturated carbocycles. The maximum atomic E-state index is 12.3. The van der Waals surface area contributed by atoms with E-state index in [9.17, 15) is 13.2 Å². The van der Waals surface area contributed by atoms with Crippen LogP contribution in [0.5, 0.6) is 0 Å².